The standard InChI is InChI=1S/C30H32F3N3O2.C3H5N3/c1-4-11-35(12-7-10-34-28(37)5-2)18-21-15-25-26(27(16-21)30(31,32)33)19-36(29(25)38)24-9-6-8-22(17-24)23-13-20(3)14-23;1-6-2-4-5-3-6/h1,5-6,8-9,15-17,20,23H,2,7,10-14,18-19H2,3H3,(H,34,37);2-3H,1H3. The molecule has 0 saturated heterocycles. The number of terminal acetylenes is 1. The lowest BCUT2D eigenvalue weighted by Crippen LogP contribution is -2.29. The summed E-state index contributed by atoms with van der Waals surface area (Å²) in [6.45, 7) is 6.70. The van der Waals surface area contributed by atoms with Gasteiger partial charge in [-0.2, -0.15) is 13.2 Å². The smallest absolute Gasteiger partial charge is 0.353 e. The van der Waals surface area contributed by atoms with Gasteiger partial charge in [0.1, 0.15) is 12.7 Å². The van der Waals surface area contributed by atoms with Crippen LogP contribution in [0.15, 0.2) is 61.7 Å². The van der Waals surface area contributed by atoms with Crippen LogP contribution in [0.25, 0.3) is 0 Å². The monoisotopic (exact) mass is 606 g/mol. The van der Waals surface area contributed by atoms with Crippen molar-refractivity contribution in [1.29, 1.82) is 0 Å². The number of aromatic nitrogens is 3. The SMILES string of the molecule is C#CCN(CCCNC(=O)C=C)Cc1cc2c(c(C(F)(F)F)c1)CN(c1cccc(C3CC(C)C3)c1)C2=O.Cn1cnnc1. The molecule has 1 aromatic heterocycles. The molecule has 0 atom stereocenters. The molecule has 1 fully saturated rings. The van der Waals surface area contributed by atoms with E-state index in [0.29, 0.717) is 42.6 Å². The summed E-state index contributed by atoms with van der Waals surface area (Å²) in [5.41, 5.74) is 1.40. The zero-order valence-electron chi connectivity index (χ0n) is 25.0. The van der Waals surface area contributed by atoms with Gasteiger partial charge in [0.2, 0.25) is 5.91 Å². The first-order chi connectivity index (χ1) is 21.0. The number of benzene rings is 2. The van der Waals surface area contributed by atoms with Crippen LogP contribution in [-0.2, 0) is 31.1 Å². The Balaban J connectivity index is 0.000000657. The molecule has 11 heteroatoms. The lowest BCUT2D eigenvalue weighted by Gasteiger charge is -2.33. The molecule has 2 heterocycles. The second-order valence-corrected chi connectivity index (χ2v) is 11.3. The summed E-state index contributed by atoms with van der Waals surface area (Å²) >= 11 is 0. The molecule has 1 N–H and O–H groups in total. The molecule has 8 nitrogen and oxygen atoms in total. The fourth-order valence-corrected chi connectivity index (χ4v) is 5.58. The van der Waals surface area contributed by atoms with Crippen molar-refractivity contribution in [3.05, 3.63) is 89.5 Å². The largest absolute Gasteiger partial charge is 0.416 e. The molecule has 5 rings (SSSR count). The van der Waals surface area contributed by atoms with Crippen LogP contribution in [-0.4, -0.2) is 51.1 Å². The van der Waals surface area contributed by atoms with E-state index in [9.17, 15) is 22.8 Å². The van der Waals surface area contributed by atoms with Crippen LogP contribution in [0.1, 0.15) is 64.7 Å². The minimum absolute atomic E-state index is 0.00422. The Morgan fingerprint density at radius 3 is 2.55 bits per heavy atom. The van der Waals surface area contributed by atoms with Crippen LogP contribution in [0.3, 0.4) is 0 Å². The number of anilines is 1. The van der Waals surface area contributed by atoms with Gasteiger partial charge in [0.15, 0.2) is 0 Å². The van der Waals surface area contributed by atoms with Crippen LogP contribution >= 0.6 is 0 Å². The fourth-order valence-electron chi connectivity index (χ4n) is 5.58. The fraction of sp³-hybridized carbons (Fsp3) is 0.394. The maximum absolute atomic E-state index is 14.2. The van der Waals surface area contributed by atoms with Crippen LogP contribution < -0.4 is 10.2 Å². The highest BCUT2D eigenvalue weighted by Gasteiger charge is 2.40. The van der Waals surface area contributed by atoms with Gasteiger partial charge in [-0.05, 0) is 78.1 Å². The molecule has 0 radical (unpaired) electrons. The van der Waals surface area contributed by atoms with Gasteiger partial charge in [-0.15, -0.1) is 16.6 Å². The topological polar surface area (TPSA) is 83.4 Å². The van der Waals surface area contributed by atoms with E-state index >= 15 is 0 Å². The number of aryl methyl sites for hydroxylation is 1. The number of hydrogen-bond donors (Lipinski definition) is 1. The Morgan fingerprint density at radius 1 is 1.23 bits per heavy atom. The van der Waals surface area contributed by atoms with Gasteiger partial charge in [-0.25, -0.2) is 0 Å². The average Bonchev–Trinajstić information content (AvgIpc) is 3.59. The van der Waals surface area contributed by atoms with E-state index in [1.54, 1.807) is 29.4 Å². The maximum atomic E-state index is 14.2. The molecular weight excluding hydrogens is 569 g/mol. The van der Waals surface area contributed by atoms with E-state index in [4.69, 9.17) is 6.42 Å². The van der Waals surface area contributed by atoms with Gasteiger partial charge in [-0.1, -0.05) is 31.6 Å². The maximum Gasteiger partial charge on any atom is 0.416 e. The zero-order valence-corrected chi connectivity index (χ0v) is 25.0. The molecular formula is C33H37F3N6O2. The van der Waals surface area contributed by atoms with Crippen molar-refractivity contribution < 1.29 is 22.8 Å². The highest BCUT2D eigenvalue weighted by Crippen LogP contribution is 2.43. The number of carbonyl (C=O) groups excluding carboxylic acids is 2. The molecule has 0 bridgehead atoms. The molecule has 1 aliphatic heterocycles. The van der Waals surface area contributed by atoms with Gasteiger partial charge in [0, 0.05) is 37.9 Å². The second kappa shape index (κ2) is 14.4. The van der Waals surface area contributed by atoms with Crippen molar-refractivity contribution in [3.8, 4) is 12.3 Å². The van der Waals surface area contributed by atoms with E-state index < -0.39 is 17.6 Å². The minimum Gasteiger partial charge on any atom is -0.353 e. The third-order valence-electron chi connectivity index (χ3n) is 7.82. The average molecular weight is 607 g/mol. The van der Waals surface area contributed by atoms with Crippen molar-refractivity contribution in [1.82, 2.24) is 25.0 Å². The number of hydrogen-bond acceptors (Lipinski definition) is 5. The van der Waals surface area contributed by atoms with Gasteiger partial charge < -0.3 is 14.8 Å². The first-order valence-corrected chi connectivity index (χ1v) is 14.5. The first-order valence-electron chi connectivity index (χ1n) is 14.5. The Morgan fingerprint density at radius 2 is 1.95 bits per heavy atom. The molecule has 1 saturated carbocycles. The Kier molecular flexibility index (Phi) is 10.6. The van der Waals surface area contributed by atoms with Gasteiger partial charge in [-0.3, -0.25) is 14.5 Å². The summed E-state index contributed by atoms with van der Waals surface area (Å²) in [7, 11) is 1.88. The molecule has 2 aliphatic rings. The number of halogens is 3. The van der Waals surface area contributed by atoms with E-state index in [1.807, 2.05) is 30.1 Å². The van der Waals surface area contributed by atoms with Crippen LogP contribution in [0.5, 0.6) is 0 Å². The molecule has 232 valence electrons. The van der Waals surface area contributed by atoms with E-state index in [2.05, 4.69) is 34.9 Å². The summed E-state index contributed by atoms with van der Waals surface area (Å²) in [5.74, 6) is 2.90. The van der Waals surface area contributed by atoms with Crippen molar-refractivity contribution in [3.63, 3.8) is 0 Å². The molecule has 2 amide bonds. The predicted molar refractivity (Wildman–Crippen MR) is 162 cm³/mol. The number of fused-ring (bicyclic) bond motifs is 1. The highest BCUT2D eigenvalue weighted by atomic mass is 19.4. The quantitative estimate of drug-likeness (QED) is 0.192. The van der Waals surface area contributed by atoms with E-state index in [1.165, 1.54) is 11.0 Å². The number of alkyl halides is 3. The second-order valence-electron chi connectivity index (χ2n) is 11.3. The highest BCUT2D eigenvalue weighted by molar-refractivity contribution is 6.10. The van der Waals surface area contributed by atoms with Crippen LogP contribution in [0.2, 0.25) is 0 Å². The van der Waals surface area contributed by atoms with Gasteiger partial charge in [0.05, 0.1) is 18.7 Å². The van der Waals surface area contributed by atoms with E-state index in [0.717, 1.165) is 24.5 Å². The minimum atomic E-state index is -4.60. The number of nitrogens with zero attached hydrogens (tertiary/aromatic N) is 5. The van der Waals surface area contributed by atoms with Crippen molar-refractivity contribution >= 4 is 17.5 Å². The number of amides is 2. The lowest BCUT2D eigenvalue weighted by atomic mass is 9.72. The van der Waals surface area contributed by atoms with Crippen molar-refractivity contribution in [2.24, 2.45) is 13.0 Å². The van der Waals surface area contributed by atoms with Crippen molar-refractivity contribution in [2.45, 2.75) is 51.4 Å². The molecule has 1 aliphatic carbocycles. The normalized spacial score (nSPS) is 17.3. The summed E-state index contributed by atoms with van der Waals surface area (Å²) < 4.78 is 44.3. The summed E-state index contributed by atoms with van der Waals surface area (Å²) in [4.78, 5) is 28.0. The molecule has 2 aromatic carbocycles. The number of carbonyl (C=O) groups is 2. The summed E-state index contributed by atoms with van der Waals surface area (Å²) in [6.07, 6.45) is 8.05. The van der Waals surface area contributed by atoms with Crippen LogP contribution in [0.4, 0.5) is 18.9 Å². The Labute approximate surface area is 255 Å². The third kappa shape index (κ3) is 8.14. The number of nitrogens with one attached hydrogen (secondary N) is 1. The molecule has 3 aromatic rings. The Bertz CT molecular complexity index is 1510. The predicted octanol–water partition coefficient (Wildman–Crippen LogP) is 5.32. The molecule has 0 spiro atoms. The lowest BCUT2D eigenvalue weighted by molar-refractivity contribution is -0.138. The summed E-state index contributed by atoms with van der Waals surface area (Å²) in [5, 5.41) is 9.74. The third-order valence-corrected chi connectivity index (χ3v) is 7.82. The zero-order chi connectivity index (χ0) is 31.9. The summed E-state index contributed by atoms with van der Waals surface area (Å²) in [6, 6.07) is 10.3. The van der Waals surface area contributed by atoms with Gasteiger partial charge >= 0.3 is 6.18 Å². The Hall–Kier alpha value is -4.43. The van der Waals surface area contributed by atoms with Crippen LogP contribution in [0, 0.1) is 18.3 Å². The van der Waals surface area contributed by atoms with E-state index in [-0.39, 0.29) is 36.7 Å². The number of rotatable bonds is 10. The van der Waals surface area contributed by atoms with Crippen molar-refractivity contribution in [2.75, 3.05) is 24.5 Å². The molecule has 0 unspecified atom stereocenters. The first kappa shape index (κ1) is 32.5. The van der Waals surface area contributed by atoms with Gasteiger partial charge in [0.25, 0.3) is 5.91 Å². The molecule has 44 heavy (non-hydrogen) atoms.